The van der Waals surface area contributed by atoms with Gasteiger partial charge in [0, 0.05) is 19.0 Å². The van der Waals surface area contributed by atoms with Crippen molar-refractivity contribution < 1.29 is 24.2 Å². The van der Waals surface area contributed by atoms with Crippen LogP contribution in [0.25, 0.3) is 11.1 Å². The number of alkyl carbamates (subject to hydrolysis) is 1. The molecule has 2 aliphatic carbocycles. The Bertz CT molecular complexity index is 1030. The molecule has 0 saturated heterocycles. The molecule has 0 radical (unpaired) electrons. The molecule has 7 heteroatoms. The summed E-state index contributed by atoms with van der Waals surface area (Å²) >= 11 is 0. The zero-order chi connectivity index (χ0) is 24.9. The van der Waals surface area contributed by atoms with Gasteiger partial charge in [0.05, 0.1) is 6.42 Å². The number of carboxylic acids is 1. The number of nitrogens with zero attached hydrogens (tertiary/aromatic N) is 1. The quantitative estimate of drug-likeness (QED) is 0.490. The van der Waals surface area contributed by atoms with Gasteiger partial charge >= 0.3 is 12.1 Å². The first kappa shape index (κ1) is 24.8. The van der Waals surface area contributed by atoms with E-state index in [2.05, 4.69) is 29.6 Å². The fourth-order valence-corrected chi connectivity index (χ4v) is 4.83. The first-order valence-corrected chi connectivity index (χ1v) is 12.5. The van der Waals surface area contributed by atoms with Crippen molar-refractivity contribution in [1.29, 1.82) is 0 Å². The highest BCUT2D eigenvalue weighted by molar-refractivity contribution is 5.86. The summed E-state index contributed by atoms with van der Waals surface area (Å²) in [5, 5.41) is 11.9. The first-order chi connectivity index (χ1) is 16.8. The molecule has 0 bridgehead atoms. The SMILES string of the molecule is CC(C)C[C@@H](NC(=O)OCC1c2ccccc2-c2ccccc21)C(=O)N(CCC(=O)O)CC1CC1. The maximum atomic E-state index is 13.3. The number of rotatable bonds is 11. The average molecular weight is 479 g/mol. The monoisotopic (exact) mass is 478 g/mol. The predicted molar refractivity (Wildman–Crippen MR) is 133 cm³/mol. The molecule has 35 heavy (non-hydrogen) atoms. The second kappa shape index (κ2) is 10.9. The van der Waals surface area contributed by atoms with Gasteiger partial charge in [-0.1, -0.05) is 62.4 Å². The number of amides is 2. The van der Waals surface area contributed by atoms with Crippen molar-refractivity contribution in [3.63, 3.8) is 0 Å². The van der Waals surface area contributed by atoms with Crippen LogP contribution in [0.3, 0.4) is 0 Å². The van der Waals surface area contributed by atoms with Crippen molar-refractivity contribution in [1.82, 2.24) is 10.2 Å². The molecule has 186 valence electrons. The number of benzene rings is 2. The number of hydrogen-bond acceptors (Lipinski definition) is 4. The molecule has 0 heterocycles. The van der Waals surface area contributed by atoms with Gasteiger partial charge in [0.15, 0.2) is 0 Å². The molecule has 2 amide bonds. The van der Waals surface area contributed by atoms with Gasteiger partial charge in [-0.25, -0.2) is 4.79 Å². The Morgan fingerprint density at radius 2 is 1.63 bits per heavy atom. The van der Waals surface area contributed by atoms with Crippen LogP contribution in [0.4, 0.5) is 4.79 Å². The standard InChI is InChI=1S/C28H34N2O5/c1-18(2)15-25(27(33)30(14-13-26(31)32)16-19-11-12-19)29-28(34)35-17-24-22-9-5-3-7-20(22)21-8-4-6-10-23(21)24/h3-10,18-19,24-25H,11-17H2,1-2H3,(H,29,34)(H,31,32)/t25-/m1/s1. The van der Waals surface area contributed by atoms with E-state index in [0.717, 1.165) is 35.1 Å². The fourth-order valence-electron chi connectivity index (χ4n) is 4.83. The van der Waals surface area contributed by atoms with Crippen LogP contribution in [-0.2, 0) is 14.3 Å². The Hall–Kier alpha value is -3.35. The van der Waals surface area contributed by atoms with Gasteiger partial charge in [-0.3, -0.25) is 9.59 Å². The van der Waals surface area contributed by atoms with Crippen LogP contribution >= 0.6 is 0 Å². The number of carbonyl (C=O) groups is 3. The van der Waals surface area contributed by atoms with E-state index in [0.29, 0.717) is 18.9 Å². The summed E-state index contributed by atoms with van der Waals surface area (Å²) in [6.07, 6.45) is 1.81. The van der Waals surface area contributed by atoms with Crippen LogP contribution in [0.15, 0.2) is 48.5 Å². The van der Waals surface area contributed by atoms with Crippen molar-refractivity contribution in [2.24, 2.45) is 11.8 Å². The van der Waals surface area contributed by atoms with Crippen molar-refractivity contribution in [2.75, 3.05) is 19.7 Å². The second-order valence-corrected chi connectivity index (χ2v) is 10.0. The summed E-state index contributed by atoms with van der Waals surface area (Å²) in [7, 11) is 0. The predicted octanol–water partition coefficient (Wildman–Crippen LogP) is 4.65. The fraction of sp³-hybridized carbons (Fsp3) is 0.464. The smallest absolute Gasteiger partial charge is 0.407 e. The highest BCUT2D eigenvalue weighted by atomic mass is 16.5. The zero-order valence-corrected chi connectivity index (χ0v) is 20.4. The summed E-state index contributed by atoms with van der Waals surface area (Å²) in [4.78, 5) is 38.9. The lowest BCUT2D eigenvalue weighted by atomic mass is 9.98. The van der Waals surface area contributed by atoms with E-state index in [1.165, 1.54) is 0 Å². The van der Waals surface area contributed by atoms with Gasteiger partial charge in [0.2, 0.25) is 5.91 Å². The van der Waals surface area contributed by atoms with Gasteiger partial charge in [-0.05, 0) is 53.4 Å². The minimum Gasteiger partial charge on any atom is -0.481 e. The molecule has 2 N–H and O–H groups in total. The molecule has 1 saturated carbocycles. The van der Waals surface area contributed by atoms with Crippen molar-refractivity contribution in [2.45, 2.75) is 51.5 Å². The van der Waals surface area contributed by atoms with Gasteiger partial charge < -0.3 is 20.1 Å². The van der Waals surface area contributed by atoms with Gasteiger partial charge in [0.1, 0.15) is 12.6 Å². The van der Waals surface area contributed by atoms with Gasteiger partial charge in [0.25, 0.3) is 0 Å². The molecule has 2 aromatic rings. The number of aliphatic carboxylic acids is 1. The zero-order valence-electron chi connectivity index (χ0n) is 20.4. The minimum atomic E-state index is -0.941. The van der Waals surface area contributed by atoms with Gasteiger partial charge in [-0.2, -0.15) is 0 Å². The minimum absolute atomic E-state index is 0.0608. The third-order valence-electron chi connectivity index (χ3n) is 6.72. The number of nitrogens with one attached hydrogen (secondary N) is 1. The first-order valence-electron chi connectivity index (χ1n) is 12.5. The highest BCUT2D eigenvalue weighted by Gasteiger charge is 2.33. The molecule has 0 unspecified atom stereocenters. The Balaban J connectivity index is 1.42. The Morgan fingerprint density at radius 1 is 1.03 bits per heavy atom. The Labute approximate surface area is 206 Å². The lowest BCUT2D eigenvalue weighted by Gasteiger charge is -2.28. The summed E-state index contributed by atoms with van der Waals surface area (Å²) in [5.41, 5.74) is 4.56. The summed E-state index contributed by atoms with van der Waals surface area (Å²) < 4.78 is 5.66. The second-order valence-electron chi connectivity index (χ2n) is 10.0. The summed E-state index contributed by atoms with van der Waals surface area (Å²) in [6, 6.07) is 15.5. The largest absolute Gasteiger partial charge is 0.481 e. The maximum absolute atomic E-state index is 13.3. The van der Waals surface area contributed by atoms with E-state index in [-0.39, 0.29) is 37.3 Å². The molecule has 1 atom stereocenters. The van der Waals surface area contributed by atoms with Crippen LogP contribution in [0.2, 0.25) is 0 Å². The number of carbonyl (C=O) groups excluding carboxylic acids is 2. The van der Waals surface area contributed by atoms with E-state index < -0.39 is 18.1 Å². The average Bonchev–Trinajstić information content (AvgIpc) is 3.60. The van der Waals surface area contributed by atoms with E-state index in [9.17, 15) is 14.4 Å². The molecule has 0 aromatic heterocycles. The molecule has 0 aliphatic heterocycles. The molecule has 1 fully saturated rings. The normalized spacial score (nSPS) is 15.3. The highest BCUT2D eigenvalue weighted by Crippen LogP contribution is 2.44. The molecule has 2 aromatic carbocycles. The van der Waals surface area contributed by atoms with E-state index >= 15 is 0 Å². The third-order valence-corrected chi connectivity index (χ3v) is 6.72. The Kier molecular flexibility index (Phi) is 7.73. The molecular weight excluding hydrogens is 444 g/mol. The van der Waals surface area contributed by atoms with Crippen LogP contribution < -0.4 is 5.32 Å². The maximum Gasteiger partial charge on any atom is 0.407 e. The number of ether oxygens (including phenoxy) is 1. The van der Waals surface area contributed by atoms with Crippen LogP contribution in [0.5, 0.6) is 0 Å². The topological polar surface area (TPSA) is 95.9 Å². The van der Waals surface area contributed by atoms with Crippen LogP contribution in [-0.4, -0.2) is 53.7 Å². The van der Waals surface area contributed by atoms with E-state index in [4.69, 9.17) is 9.84 Å². The molecular formula is C28H34N2O5. The molecule has 4 rings (SSSR count). The molecule has 0 spiro atoms. The van der Waals surface area contributed by atoms with E-state index in [1.807, 2.05) is 38.1 Å². The van der Waals surface area contributed by atoms with Crippen molar-refractivity contribution >= 4 is 18.0 Å². The molecule has 2 aliphatic rings. The number of fused-ring (bicyclic) bond motifs is 3. The van der Waals surface area contributed by atoms with Crippen molar-refractivity contribution in [3.8, 4) is 11.1 Å². The lowest BCUT2D eigenvalue weighted by molar-refractivity contribution is -0.139. The number of hydrogen-bond donors (Lipinski definition) is 2. The van der Waals surface area contributed by atoms with Crippen LogP contribution in [0.1, 0.15) is 56.6 Å². The van der Waals surface area contributed by atoms with E-state index in [1.54, 1.807) is 4.90 Å². The summed E-state index contributed by atoms with van der Waals surface area (Å²) in [6.45, 7) is 4.83. The lowest BCUT2D eigenvalue weighted by Crippen LogP contribution is -2.50. The summed E-state index contributed by atoms with van der Waals surface area (Å²) in [5.74, 6) is -0.653. The van der Waals surface area contributed by atoms with Gasteiger partial charge in [-0.15, -0.1) is 0 Å². The number of carboxylic acid groups (broad SMARTS) is 1. The van der Waals surface area contributed by atoms with Crippen molar-refractivity contribution in [3.05, 3.63) is 59.7 Å². The molecule has 7 nitrogen and oxygen atoms in total. The third kappa shape index (κ3) is 6.21. The van der Waals surface area contributed by atoms with Crippen LogP contribution in [0, 0.1) is 11.8 Å². The Morgan fingerprint density at radius 3 is 2.17 bits per heavy atom.